The number of likely N-dealkylation sites (N-methyl/N-ethyl adjacent to an activating group) is 1. The van der Waals surface area contributed by atoms with Crippen LogP contribution in [0.2, 0.25) is 6.82 Å². The number of rotatable bonds is 7. The van der Waals surface area contributed by atoms with Gasteiger partial charge in [0.2, 0.25) is 13.3 Å². The summed E-state index contributed by atoms with van der Waals surface area (Å²) in [6, 6.07) is 13.7. The SMILES string of the molecule is C[B]n1ccc(C(=O)N(C)CC(=O)Nc2nc(-c3cccc(-c4ccncc4)c3)cs2)c1. The van der Waals surface area contributed by atoms with Gasteiger partial charge in [-0.2, -0.15) is 0 Å². The van der Waals surface area contributed by atoms with Gasteiger partial charge in [0, 0.05) is 36.6 Å². The standard InChI is InChI=1S/C23H21BN5O2S/c1-24-29-11-8-19(13-29)22(31)28(2)14-21(30)27-23-26-20(15-32-23)18-5-3-4-17(12-18)16-6-9-25-10-7-16/h3-13,15H,14H2,1-2H3,(H,26,27,30). The maximum Gasteiger partial charge on any atom is 0.255 e. The van der Waals surface area contributed by atoms with Crippen molar-refractivity contribution >= 4 is 35.7 Å². The Bertz CT molecular complexity index is 1240. The molecule has 0 aliphatic carbocycles. The maximum absolute atomic E-state index is 12.5. The quantitative estimate of drug-likeness (QED) is 0.441. The second-order valence-corrected chi connectivity index (χ2v) is 8.03. The number of anilines is 1. The van der Waals surface area contributed by atoms with Crippen LogP contribution >= 0.6 is 11.3 Å². The molecule has 159 valence electrons. The van der Waals surface area contributed by atoms with Crippen molar-refractivity contribution in [1.82, 2.24) is 19.3 Å². The Labute approximate surface area is 191 Å². The van der Waals surface area contributed by atoms with E-state index in [4.69, 9.17) is 0 Å². The smallest absolute Gasteiger partial charge is 0.255 e. The minimum absolute atomic E-state index is 0.0632. The fraction of sp³-hybridized carbons (Fsp3) is 0.130. The first-order valence-electron chi connectivity index (χ1n) is 10.0. The zero-order chi connectivity index (χ0) is 22.5. The second kappa shape index (κ2) is 9.61. The molecule has 1 radical (unpaired) electrons. The van der Waals surface area contributed by atoms with Crippen molar-refractivity contribution in [3.63, 3.8) is 0 Å². The average Bonchev–Trinajstić information content (AvgIpc) is 3.49. The Morgan fingerprint density at radius 2 is 1.91 bits per heavy atom. The molecule has 2 amide bonds. The summed E-state index contributed by atoms with van der Waals surface area (Å²) in [4.78, 5) is 34.9. The van der Waals surface area contributed by atoms with E-state index < -0.39 is 0 Å². The first-order chi connectivity index (χ1) is 15.5. The van der Waals surface area contributed by atoms with E-state index in [-0.39, 0.29) is 18.4 Å². The van der Waals surface area contributed by atoms with E-state index >= 15 is 0 Å². The van der Waals surface area contributed by atoms with E-state index in [0.717, 1.165) is 22.4 Å². The Morgan fingerprint density at radius 1 is 1.12 bits per heavy atom. The summed E-state index contributed by atoms with van der Waals surface area (Å²) >= 11 is 1.35. The van der Waals surface area contributed by atoms with Crippen molar-refractivity contribution in [3.05, 3.63) is 78.2 Å². The van der Waals surface area contributed by atoms with Crippen LogP contribution in [0.3, 0.4) is 0 Å². The van der Waals surface area contributed by atoms with Crippen LogP contribution in [-0.2, 0) is 4.79 Å². The number of nitrogens with one attached hydrogen (secondary N) is 1. The van der Waals surface area contributed by atoms with Crippen molar-refractivity contribution in [1.29, 1.82) is 0 Å². The Morgan fingerprint density at radius 3 is 2.66 bits per heavy atom. The van der Waals surface area contributed by atoms with Crippen LogP contribution in [0.4, 0.5) is 5.13 Å². The van der Waals surface area contributed by atoms with Gasteiger partial charge in [-0.3, -0.25) is 14.6 Å². The monoisotopic (exact) mass is 442 g/mol. The summed E-state index contributed by atoms with van der Waals surface area (Å²) in [6.45, 7) is 1.81. The highest BCUT2D eigenvalue weighted by atomic mass is 32.1. The summed E-state index contributed by atoms with van der Waals surface area (Å²) in [7, 11) is 3.45. The topological polar surface area (TPSA) is 80.1 Å². The fourth-order valence-electron chi connectivity index (χ4n) is 3.23. The van der Waals surface area contributed by atoms with Crippen LogP contribution in [0.5, 0.6) is 0 Å². The molecule has 3 heterocycles. The van der Waals surface area contributed by atoms with Crippen molar-refractivity contribution in [2.45, 2.75) is 6.82 Å². The van der Waals surface area contributed by atoms with Gasteiger partial charge < -0.3 is 14.7 Å². The third kappa shape index (κ3) is 4.95. The van der Waals surface area contributed by atoms with Crippen molar-refractivity contribution in [2.75, 3.05) is 18.9 Å². The first kappa shape index (κ1) is 21.5. The van der Waals surface area contributed by atoms with E-state index in [1.165, 1.54) is 16.2 Å². The Kier molecular flexibility index (Phi) is 6.46. The molecule has 0 saturated carbocycles. The predicted octanol–water partition coefficient (Wildman–Crippen LogP) is 3.90. The molecule has 7 nitrogen and oxygen atoms in total. The van der Waals surface area contributed by atoms with Gasteiger partial charge in [-0.25, -0.2) is 4.98 Å². The molecule has 0 aliphatic rings. The molecule has 0 unspecified atom stereocenters. The minimum atomic E-state index is -0.297. The lowest BCUT2D eigenvalue weighted by Gasteiger charge is -2.15. The van der Waals surface area contributed by atoms with Crippen LogP contribution in [0, 0.1) is 0 Å². The first-order valence-corrected chi connectivity index (χ1v) is 10.9. The number of aromatic nitrogens is 3. The molecule has 0 saturated heterocycles. The van der Waals surface area contributed by atoms with E-state index in [2.05, 4.69) is 21.4 Å². The highest BCUT2D eigenvalue weighted by molar-refractivity contribution is 7.14. The molecule has 32 heavy (non-hydrogen) atoms. The fourth-order valence-corrected chi connectivity index (χ4v) is 3.97. The van der Waals surface area contributed by atoms with Crippen LogP contribution in [0.25, 0.3) is 22.4 Å². The molecule has 4 aromatic rings. The number of thiazole rings is 1. The third-order valence-corrected chi connectivity index (χ3v) is 5.67. The van der Waals surface area contributed by atoms with Gasteiger partial charge in [-0.15, -0.1) is 11.3 Å². The van der Waals surface area contributed by atoms with Gasteiger partial charge in [0.05, 0.1) is 17.8 Å². The van der Waals surface area contributed by atoms with Crippen LogP contribution in [-0.4, -0.2) is 52.2 Å². The number of carbonyl (C=O) groups excluding carboxylic acids is 2. The molecule has 0 aliphatic heterocycles. The number of nitrogens with zero attached hydrogens (tertiary/aromatic N) is 4. The molecule has 4 rings (SSSR count). The third-order valence-electron chi connectivity index (χ3n) is 4.91. The van der Waals surface area contributed by atoms with Crippen LogP contribution < -0.4 is 5.32 Å². The van der Waals surface area contributed by atoms with Gasteiger partial charge in [0.25, 0.3) is 5.91 Å². The van der Waals surface area contributed by atoms with Crippen molar-refractivity contribution in [3.8, 4) is 22.4 Å². The van der Waals surface area contributed by atoms with Crippen molar-refractivity contribution < 1.29 is 9.59 Å². The number of benzene rings is 1. The molecule has 0 bridgehead atoms. The normalized spacial score (nSPS) is 10.6. The number of pyridine rings is 1. The molecule has 9 heteroatoms. The molecule has 1 aromatic carbocycles. The number of hydrogen-bond acceptors (Lipinski definition) is 5. The molecular weight excluding hydrogens is 421 g/mol. The molecular formula is C23H21BN5O2S. The van der Waals surface area contributed by atoms with Crippen LogP contribution in [0.15, 0.2) is 72.6 Å². The average molecular weight is 442 g/mol. The van der Waals surface area contributed by atoms with Gasteiger partial charge >= 0.3 is 0 Å². The largest absolute Gasteiger partial charge is 0.402 e. The Hall–Kier alpha value is -3.72. The van der Waals surface area contributed by atoms with Gasteiger partial charge in [-0.1, -0.05) is 25.0 Å². The number of carbonyl (C=O) groups is 2. The minimum Gasteiger partial charge on any atom is -0.402 e. The molecule has 0 atom stereocenters. The summed E-state index contributed by atoms with van der Waals surface area (Å²) < 4.78 is 1.79. The molecule has 1 N–H and O–H groups in total. The lowest BCUT2D eigenvalue weighted by atomic mass is 10.0. The Balaban J connectivity index is 1.40. The summed E-state index contributed by atoms with van der Waals surface area (Å²) in [5.74, 6) is -0.512. The highest BCUT2D eigenvalue weighted by Crippen LogP contribution is 2.28. The molecule has 0 spiro atoms. The van der Waals surface area contributed by atoms with E-state index in [1.54, 1.807) is 42.4 Å². The zero-order valence-corrected chi connectivity index (χ0v) is 18.5. The number of amides is 2. The summed E-state index contributed by atoms with van der Waals surface area (Å²) in [6.07, 6.45) is 7.04. The second-order valence-electron chi connectivity index (χ2n) is 7.17. The van der Waals surface area contributed by atoms with Crippen LogP contribution in [0.1, 0.15) is 10.4 Å². The zero-order valence-electron chi connectivity index (χ0n) is 17.7. The molecule has 0 fully saturated rings. The van der Waals surface area contributed by atoms with Gasteiger partial charge in [-0.05, 0) is 41.6 Å². The van der Waals surface area contributed by atoms with E-state index in [0.29, 0.717) is 10.7 Å². The van der Waals surface area contributed by atoms with Crippen molar-refractivity contribution in [2.24, 2.45) is 0 Å². The van der Waals surface area contributed by atoms with Gasteiger partial charge in [0.15, 0.2) is 5.13 Å². The summed E-state index contributed by atoms with van der Waals surface area (Å²) in [5, 5.41) is 5.18. The molecule has 3 aromatic heterocycles. The lowest BCUT2D eigenvalue weighted by Crippen LogP contribution is -2.34. The summed E-state index contributed by atoms with van der Waals surface area (Å²) in [5.41, 5.74) is 4.41. The van der Waals surface area contributed by atoms with Gasteiger partial charge in [0.1, 0.15) is 0 Å². The highest BCUT2D eigenvalue weighted by Gasteiger charge is 2.17. The van der Waals surface area contributed by atoms with E-state index in [9.17, 15) is 9.59 Å². The predicted molar refractivity (Wildman–Crippen MR) is 128 cm³/mol. The number of hydrogen-bond donors (Lipinski definition) is 1. The maximum atomic E-state index is 12.5. The lowest BCUT2D eigenvalue weighted by molar-refractivity contribution is -0.116. The van der Waals surface area contributed by atoms with E-state index in [1.807, 2.05) is 49.9 Å².